The van der Waals surface area contributed by atoms with Crippen LogP contribution in [0, 0.1) is 6.92 Å². The van der Waals surface area contributed by atoms with Crippen molar-refractivity contribution in [2.24, 2.45) is 5.73 Å². The molecule has 0 saturated heterocycles. The zero-order valence-corrected chi connectivity index (χ0v) is 16.1. The van der Waals surface area contributed by atoms with Crippen LogP contribution in [0.4, 0.5) is 0 Å². The minimum absolute atomic E-state index is 0.715. The minimum atomic E-state index is 0.715. The highest BCUT2D eigenvalue weighted by molar-refractivity contribution is 5.80. The molecule has 0 fully saturated rings. The number of nitrogens with two attached hydrogens (primary N) is 1. The Morgan fingerprint density at radius 1 is 1.00 bits per heavy atom. The summed E-state index contributed by atoms with van der Waals surface area (Å²) >= 11 is 0. The van der Waals surface area contributed by atoms with Crippen LogP contribution in [0.25, 0.3) is 28.2 Å². The van der Waals surface area contributed by atoms with Gasteiger partial charge in [0, 0.05) is 30.1 Å². The summed E-state index contributed by atoms with van der Waals surface area (Å²) in [5, 5.41) is 4.34. The fourth-order valence-corrected chi connectivity index (χ4v) is 3.55. The van der Waals surface area contributed by atoms with Gasteiger partial charge in [0.1, 0.15) is 0 Å². The van der Waals surface area contributed by atoms with Crippen LogP contribution in [0.1, 0.15) is 18.4 Å². The standard InChI is InChI=1S/C23H25N5/c1-18-16-20(28-15-7-13-26-28)10-11-21(18)23-22(19-8-3-2-4-9-19)25-17-27(23)14-6-5-12-24/h2-4,7-11,13,15-17H,5-6,12,14,24H2,1H3. The molecule has 0 spiro atoms. The maximum atomic E-state index is 5.69. The summed E-state index contributed by atoms with van der Waals surface area (Å²) in [5.74, 6) is 0. The van der Waals surface area contributed by atoms with Crippen molar-refractivity contribution in [3.63, 3.8) is 0 Å². The van der Waals surface area contributed by atoms with Gasteiger partial charge in [-0.2, -0.15) is 5.10 Å². The van der Waals surface area contributed by atoms with Gasteiger partial charge < -0.3 is 10.3 Å². The Labute approximate surface area is 165 Å². The molecule has 0 aliphatic carbocycles. The van der Waals surface area contributed by atoms with E-state index in [1.165, 1.54) is 11.1 Å². The lowest BCUT2D eigenvalue weighted by molar-refractivity contribution is 0.618. The maximum absolute atomic E-state index is 5.69. The summed E-state index contributed by atoms with van der Waals surface area (Å²) in [4.78, 5) is 4.77. The fraction of sp³-hybridized carbons (Fsp3) is 0.217. The van der Waals surface area contributed by atoms with Gasteiger partial charge in [0.25, 0.3) is 0 Å². The van der Waals surface area contributed by atoms with E-state index < -0.39 is 0 Å². The molecule has 4 rings (SSSR count). The van der Waals surface area contributed by atoms with Gasteiger partial charge >= 0.3 is 0 Å². The van der Waals surface area contributed by atoms with Gasteiger partial charge in [0.05, 0.1) is 23.4 Å². The predicted octanol–water partition coefficient (Wildman–Crippen LogP) is 4.45. The quantitative estimate of drug-likeness (QED) is 0.488. The molecule has 4 aromatic rings. The highest BCUT2D eigenvalue weighted by Gasteiger charge is 2.17. The van der Waals surface area contributed by atoms with Gasteiger partial charge in [-0.05, 0) is 50.1 Å². The maximum Gasteiger partial charge on any atom is 0.0963 e. The van der Waals surface area contributed by atoms with Crippen LogP contribution in [0.5, 0.6) is 0 Å². The molecule has 2 aromatic heterocycles. The van der Waals surface area contributed by atoms with E-state index in [1.807, 2.05) is 29.3 Å². The number of rotatable bonds is 7. The van der Waals surface area contributed by atoms with E-state index in [4.69, 9.17) is 10.7 Å². The van der Waals surface area contributed by atoms with E-state index in [-0.39, 0.29) is 0 Å². The van der Waals surface area contributed by atoms with E-state index in [1.54, 1.807) is 6.20 Å². The largest absolute Gasteiger partial charge is 0.330 e. The van der Waals surface area contributed by atoms with Crippen molar-refractivity contribution < 1.29 is 0 Å². The lowest BCUT2D eigenvalue weighted by atomic mass is 10.00. The number of hydrogen-bond donors (Lipinski definition) is 1. The van der Waals surface area contributed by atoms with Gasteiger partial charge in [-0.15, -0.1) is 0 Å². The Morgan fingerprint density at radius 3 is 2.57 bits per heavy atom. The second-order valence-corrected chi connectivity index (χ2v) is 6.95. The number of benzene rings is 2. The first kappa shape index (κ1) is 18.2. The first-order valence-corrected chi connectivity index (χ1v) is 9.69. The van der Waals surface area contributed by atoms with Gasteiger partial charge in [-0.25, -0.2) is 9.67 Å². The summed E-state index contributed by atoms with van der Waals surface area (Å²) in [6.07, 6.45) is 7.76. The molecule has 0 unspecified atom stereocenters. The number of hydrogen-bond acceptors (Lipinski definition) is 3. The molecule has 0 saturated carbocycles. The summed E-state index contributed by atoms with van der Waals surface area (Å²) in [7, 11) is 0. The molecular formula is C23H25N5. The van der Waals surface area contributed by atoms with Crippen LogP contribution < -0.4 is 5.73 Å². The highest BCUT2D eigenvalue weighted by atomic mass is 15.3. The zero-order chi connectivity index (χ0) is 19.3. The van der Waals surface area contributed by atoms with Crippen LogP contribution in [0.2, 0.25) is 0 Å². The third-order valence-corrected chi connectivity index (χ3v) is 4.97. The number of nitrogens with zero attached hydrogens (tertiary/aromatic N) is 4. The first-order valence-electron chi connectivity index (χ1n) is 9.69. The molecule has 2 heterocycles. The minimum Gasteiger partial charge on any atom is -0.330 e. The van der Waals surface area contributed by atoms with E-state index in [0.717, 1.165) is 42.0 Å². The molecule has 0 radical (unpaired) electrons. The predicted molar refractivity (Wildman–Crippen MR) is 113 cm³/mol. The third kappa shape index (κ3) is 3.62. The van der Waals surface area contributed by atoms with Crippen molar-refractivity contribution in [2.75, 3.05) is 6.54 Å². The summed E-state index contributed by atoms with van der Waals surface area (Å²) in [5.41, 5.74) is 12.5. The average molecular weight is 371 g/mol. The van der Waals surface area contributed by atoms with Crippen molar-refractivity contribution >= 4 is 0 Å². The normalized spacial score (nSPS) is 11.1. The van der Waals surface area contributed by atoms with E-state index in [9.17, 15) is 0 Å². The van der Waals surface area contributed by atoms with Crippen molar-refractivity contribution in [1.82, 2.24) is 19.3 Å². The molecule has 0 bridgehead atoms. The Balaban J connectivity index is 1.79. The molecule has 0 amide bonds. The molecular weight excluding hydrogens is 346 g/mol. The molecule has 5 nitrogen and oxygen atoms in total. The number of aryl methyl sites for hydroxylation is 2. The number of unbranched alkanes of at least 4 members (excludes halogenated alkanes) is 1. The molecule has 5 heteroatoms. The van der Waals surface area contributed by atoms with Gasteiger partial charge in [-0.3, -0.25) is 0 Å². The third-order valence-electron chi connectivity index (χ3n) is 4.97. The van der Waals surface area contributed by atoms with Crippen molar-refractivity contribution in [3.8, 4) is 28.2 Å². The SMILES string of the molecule is Cc1cc(-n2cccn2)ccc1-c1c(-c2ccccc2)ncn1CCCCN. The first-order chi connectivity index (χ1) is 13.8. The van der Waals surface area contributed by atoms with Gasteiger partial charge in [0.2, 0.25) is 0 Å². The fourth-order valence-electron chi connectivity index (χ4n) is 3.55. The molecule has 0 atom stereocenters. The van der Waals surface area contributed by atoms with Crippen LogP contribution in [-0.4, -0.2) is 25.9 Å². The zero-order valence-electron chi connectivity index (χ0n) is 16.1. The second kappa shape index (κ2) is 8.23. The number of imidazole rings is 1. The highest BCUT2D eigenvalue weighted by Crippen LogP contribution is 2.34. The summed E-state index contributed by atoms with van der Waals surface area (Å²) in [6.45, 7) is 3.77. The molecule has 0 aliphatic rings. The molecule has 2 N–H and O–H groups in total. The van der Waals surface area contributed by atoms with E-state index in [0.29, 0.717) is 6.54 Å². The smallest absolute Gasteiger partial charge is 0.0963 e. The molecule has 2 aromatic carbocycles. The molecule has 142 valence electrons. The van der Waals surface area contributed by atoms with Crippen molar-refractivity contribution in [3.05, 3.63) is 78.9 Å². The molecule has 0 aliphatic heterocycles. The summed E-state index contributed by atoms with van der Waals surface area (Å²) < 4.78 is 4.14. The Bertz CT molecular complexity index is 1030. The molecule has 28 heavy (non-hydrogen) atoms. The lowest BCUT2D eigenvalue weighted by Gasteiger charge is -2.14. The van der Waals surface area contributed by atoms with Crippen molar-refractivity contribution in [2.45, 2.75) is 26.3 Å². The second-order valence-electron chi connectivity index (χ2n) is 6.95. The van der Waals surface area contributed by atoms with E-state index >= 15 is 0 Å². The lowest BCUT2D eigenvalue weighted by Crippen LogP contribution is -2.05. The van der Waals surface area contributed by atoms with Crippen LogP contribution >= 0.6 is 0 Å². The Hall–Kier alpha value is -3.18. The van der Waals surface area contributed by atoms with Gasteiger partial charge in [0.15, 0.2) is 0 Å². The Morgan fingerprint density at radius 2 is 1.86 bits per heavy atom. The average Bonchev–Trinajstić information content (AvgIpc) is 3.39. The van der Waals surface area contributed by atoms with Crippen LogP contribution in [0.3, 0.4) is 0 Å². The number of aromatic nitrogens is 4. The Kier molecular flexibility index (Phi) is 5.35. The van der Waals surface area contributed by atoms with Gasteiger partial charge in [-0.1, -0.05) is 36.4 Å². The summed E-state index contributed by atoms with van der Waals surface area (Å²) in [6, 6.07) is 18.8. The van der Waals surface area contributed by atoms with Crippen molar-refractivity contribution in [1.29, 1.82) is 0 Å². The topological polar surface area (TPSA) is 61.7 Å². The van der Waals surface area contributed by atoms with Crippen LogP contribution in [-0.2, 0) is 6.54 Å². The van der Waals surface area contributed by atoms with Crippen LogP contribution in [0.15, 0.2) is 73.3 Å². The monoisotopic (exact) mass is 371 g/mol. The van der Waals surface area contributed by atoms with E-state index in [2.05, 4.69) is 59.1 Å².